The van der Waals surface area contributed by atoms with Crippen molar-refractivity contribution in [1.82, 2.24) is 4.98 Å². The maximum atomic E-state index is 13.6. The highest BCUT2D eigenvalue weighted by atomic mass is 35.5. The van der Waals surface area contributed by atoms with Crippen LogP contribution in [0.4, 0.5) is 10.8 Å². The van der Waals surface area contributed by atoms with Gasteiger partial charge in [0.2, 0.25) is 5.55 Å². The molecule has 38 heavy (non-hydrogen) atoms. The number of carbonyl (C=O) groups excluding carboxylic acids is 1. The monoisotopic (exact) mass is 563 g/mol. The number of carbonyl (C=O) groups is 1. The summed E-state index contributed by atoms with van der Waals surface area (Å²) in [5.74, 6) is 0.259. The van der Waals surface area contributed by atoms with Crippen molar-refractivity contribution in [1.29, 1.82) is 0 Å². The van der Waals surface area contributed by atoms with E-state index in [0.717, 1.165) is 22.4 Å². The van der Waals surface area contributed by atoms with Gasteiger partial charge in [0.05, 0.1) is 23.5 Å². The van der Waals surface area contributed by atoms with Gasteiger partial charge in [-0.15, -0.1) is 11.3 Å². The number of nitrogens with one attached hydrogen (secondary N) is 1. The molecule has 192 valence electrons. The Bertz CT molecular complexity index is 1740. The zero-order chi connectivity index (χ0) is 26.8. The van der Waals surface area contributed by atoms with Crippen molar-refractivity contribution in [3.05, 3.63) is 98.3 Å². The van der Waals surface area contributed by atoms with Crippen molar-refractivity contribution < 1.29 is 13.9 Å². The quantitative estimate of drug-likeness (QED) is 0.225. The summed E-state index contributed by atoms with van der Waals surface area (Å²) in [5, 5.41) is 5.13. The average Bonchev–Trinajstić information content (AvgIpc) is 3.30. The zero-order valence-electron chi connectivity index (χ0n) is 20.8. The first-order valence-electron chi connectivity index (χ1n) is 11.8. The average molecular weight is 564 g/mol. The molecule has 0 saturated heterocycles. The van der Waals surface area contributed by atoms with E-state index in [1.165, 1.54) is 11.3 Å². The molecule has 1 N–H and O–H groups in total. The van der Waals surface area contributed by atoms with Crippen LogP contribution in [0.3, 0.4) is 0 Å². The van der Waals surface area contributed by atoms with Crippen LogP contribution in [0.1, 0.15) is 27.7 Å². The summed E-state index contributed by atoms with van der Waals surface area (Å²) in [6.07, 6.45) is 0.723. The molecule has 0 saturated carbocycles. The molecule has 0 aliphatic carbocycles. The molecule has 1 amide bonds. The standard InChI is InChI=1S/C29H23Cl2N3O3S/c1-4-25-26(21-10-8-18(30)15-23(21)31)33-29(38-25)34-27(35)22-14-17-13-20(36-3)9-11-24(17)37-28(22)32-19-7-5-6-16(2)12-19/h5-15H,4H2,1-3H3,(H,33,34,35). The van der Waals surface area contributed by atoms with Crippen LogP contribution in [0.2, 0.25) is 10.0 Å². The minimum Gasteiger partial charge on any atom is -0.497 e. The van der Waals surface area contributed by atoms with Crippen LogP contribution in [0.5, 0.6) is 5.75 Å². The molecule has 2 heterocycles. The Balaban J connectivity index is 1.58. The van der Waals surface area contributed by atoms with Gasteiger partial charge in [-0.3, -0.25) is 10.1 Å². The number of ether oxygens (including phenoxy) is 1. The summed E-state index contributed by atoms with van der Waals surface area (Å²) >= 11 is 13.9. The number of halogens is 2. The molecule has 0 aliphatic rings. The van der Waals surface area contributed by atoms with Crippen molar-refractivity contribution in [3.63, 3.8) is 0 Å². The number of benzene rings is 3. The van der Waals surface area contributed by atoms with Crippen molar-refractivity contribution in [2.24, 2.45) is 4.99 Å². The molecule has 5 rings (SSSR count). The molecule has 5 aromatic rings. The number of anilines is 1. The van der Waals surface area contributed by atoms with Crippen LogP contribution in [-0.4, -0.2) is 18.0 Å². The van der Waals surface area contributed by atoms with Crippen molar-refractivity contribution >= 4 is 62.2 Å². The predicted octanol–water partition coefficient (Wildman–Crippen LogP) is 8.23. The minimum absolute atomic E-state index is 0.194. The number of rotatable bonds is 6. The maximum absolute atomic E-state index is 13.6. The van der Waals surface area contributed by atoms with Gasteiger partial charge in [-0.2, -0.15) is 0 Å². The SMILES string of the molecule is CCc1sc(NC(=O)c2cc3cc(OC)ccc3oc2=Nc2cccc(C)c2)nc1-c1ccc(Cl)cc1Cl. The third-order valence-electron chi connectivity index (χ3n) is 5.86. The molecule has 0 aliphatic heterocycles. The number of hydrogen-bond acceptors (Lipinski definition) is 6. The molecule has 0 spiro atoms. The van der Waals surface area contributed by atoms with E-state index in [-0.39, 0.29) is 11.1 Å². The molecule has 0 bridgehead atoms. The summed E-state index contributed by atoms with van der Waals surface area (Å²) in [6.45, 7) is 4.01. The second kappa shape index (κ2) is 11.0. The van der Waals surface area contributed by atoms with E-state index in [0.29, 0.717) is 43.3 Å². The molecular formula is C29H23Cl2N3O3S. The van der Waals surface area contributed by atoms with Crippen molar-refractivity contribution in [2.75, 3.05) is 12.4 Å². The van der Waals surface area contributed by atoms with Crippen LogP contribution in [0.15, 0.2) is 76.1 Å². The third-order valence-corrected chi connectivity index (χ3v) is 7.52. The predicted molar refractivity (Wildman–Crippen MR) is 154 cm³/mol. The molecule has 9 heteroatoms. The van der Waals surface area contributed by atoms with E-state index < -0.39 is 5.91 Å². The van der Waals surface area contributed by atoms with Crippen LogP contribution in [0, 0.1) is 6.92 Å². The summed E-state index contributed by atoms with van der Waals surface area (Å²) < 4.78 is 11.5. The number of aryl methyl sites for hydroxylation is 2. The number of methoxy groups -OCH3 is 1. The summed E-state index contributed by atoms with van der Waals surface area (Å²) in [5.41, 5.74) is 4.24. The van der Waals surface area contributed by atoms with Gasteiger partial charge in [0, 0.05) is 20.8 Å². The van der Waals surface area contributed by atoms with Gasteiger partial charge in [-0.25, -0.2) is 9.98 Å². The van der Waals surface area contributed by atoms with E-state index >= 15 is 0 Å². The van der Waals surface area contributed by atoms with E-state index in [9.17, 15) is 4.79 Å². The molecule has 0 radical (unpaired) electrons. The minimum atomic E-state index is -0.393. The van der Waals surface area contributed by atoms with Gasteiger partial charge in [-0.1, -0.05) is 42.3 Å². The number of amides is 1. The Hall–Kier alpha value is -3.65. The fourth-order valence-corrected chi connectivity index (χ4v) is 5.41. The van der Waals surface area contributed by atoms with Crippen LogP contribution in [0.25, 0.3) is 22.2 Å². The fourth-order valence-electron chi connectivity index (χ4n) is 4.00. The molecule has 3 aromatic carbocycles. The largest absolute Gasteiger partial charge is 0.497 e. The van der Waals surface area contributed by atoms with Gasteiger partial charge in [0.15, 0.2) is 5.13 Å². The topological polar surface area (TPSA) is 76.7 Å². The smallest absolute Gasteiger partial charge is 0.262 e. The Morgan fingerprint density at radius 1 is 1.11 bits per heavy atom. The lowest BCUT2D eigenvalue weighted by atomic mass is 10.1. The molecule has 2 aromatic heterocycles. The summed E-state index contributed by atoms with van der Waals surface area (Å²) in [6, 6.07) is 20.1. The molecule has 0 atom stereocenters. The normalized spacial score (nSPS) is 11.7. The van der Waals surface area contributed by atoms with Crippen molar-refractivity contribution in [3.8, 4) is 17.0 Å². The van der Waals surface area contributed by atoms with Gasteiger partial charge < -0.3 is 9.15 Å². The van der Waals surface area contributed by atoms with Crippen molar-refractivity contribution in [2.45, 2.75) is 20.3 Å². The lowest BCUT2D eigenvalue weighted by Gasteiger charge is -2.07. The van der Waals surface area contributed by atoms with E-state index in [2.05, 4.69) is 10.3 Å². The maximum Gasteiger partial charge on any atom is 0.262 e. The third kappa shape index (κ3) is 5.45. The van der Waals surface area contributed by atoms with Gasteiger partial charge in [0.25, 0.3) is 5.91 Å². The van der Waals surface area contributed by atoms with E-state index in [1.807, 2.05) is 50.2 Å². The van der Waals surface area contributed by atoms with Gasteiger partial charge >= 0.3 is 0 Å². The molecule has 0 fully saturated rings. The number of thiazole rings is 1. The lowest BCUT2D eigenvalue weighted by molar-refractivity contribution is 0.102. The highest BCUT2D eigenvalue weighted by Crippen LogP contribution is 2.36. The van der Waals surface area contributed by atoms with E-state index in [4.69, 9.17) is 37.3 Å². The van der Waals surface area contributed by atoms with Crippen LogP contribution in [-0.2, 0) is 6.42 Å². The highest BCUT2D eigenvalue weighted by molar-refractivity contribution is 7.16. The van der Waals surface area contributed by atoms with E-state index in [1.54, 1.807) is 37.4 Å². The number of fused-ring (bicyclic) bond motifs is 1. The lowest BCUT2D eigenvalue weighted by Crippen LogP contribution is -2.21. The van der Waals surface area contributed by atoms with Gasteiger partial charge in [-0.05, 0) is 73.5 Å². The Kier molecular flexibility index (Phi) is 7.51. The Morgan fingerprint density at radius 3 is 2.68 bits per heavy atom. The molecule has 0 unspecified atom stereocenters. The molecule has 6 nitrogen and oxygen atoms in total. The number of nitrogens with zero attached hydrogens (tertiary/aromatic N) is 2. The van der Waals surface area contributed by atoms with Crippen LogP contribution >= 0.6 is 34.5 Å². The summed E-state index contributed by atoms with van der Waals surface area (Å²) in [4.78, 5) is 24.0. The number of aromatic nitrogens is 1. The number of hydrogen-bond donors (Lipinski definition) is 1. The molecular weight excluding hydrogens is 541 g/mol. The first kappa shape index (κ1) is 26.0. The Morgan fingerprint density at radius 2 is 1.95 bits per heavy atom. The summed E-state index contributed by atoms with van der Waals surface area (Å²) in [7, 11) is 1.59. The highest BCUT2D eigenvalue weighted by Gasteiger charge is 2.19. The first-order valence-corrected chi connectivity index (χ1v) is 13.4. The zero-order valence-corrected chi connectivity index (χ0v) is 23.2. The fraction of sp³-hybridized carbons (Fsp3) is 0.138. The van der Waals surface area contributed by atoms with Gasteiger partial charge in [0.1, 0.15) is 16.9 Å². The second-order valence-electron chi connectivity index (χ2n) is 8.54. The first-order chi connectivity index (χ1) is 18.3. The Labute approximate surface area is 233 Å². The second-order valence-corrected chi connectivity index (χ2v) is 10.5. The van der Waals surface area contributed by atoms with Crippen LogP contribution < -0.4 is 15.6 Å².